The van der Waals surface area contributed by atoms with Gasteiger partial charge < -0.3 is 9.64 Å². The number of aromatic amines is 1. The van der Waals surface area contributed by atoms with E-state index >= 15 is 0 Å². The lowest BCUT2D eigenvalue weighted by atomic mass is 10.0. The van der Waals surface area contributed by atoms with Gasteiger partial charge in [0, 0.05) is 12.6 Å². The number of nitrogens with one attached hydrogen (secondary N) is 1. The molecule has 6 heteroatoms. The molecule has 1 N–H and O–H groups in total. The number of anilines is 1. The number of ether oxygens (including phenoxy) is 1. The van der Waals surface area contributed by atoms with Gasteiger partial charge in [-0.05, 0) is 53.9 Å². The first-order valence-corrected chi connectivity index (χ1v) is 17.7. The molecule has 0 spiro atoms. The summed E-state index contributed by atoms with van der Waals surface area (Å²) in [6.07, 6.45) is 23.6. The summed E-state index contributed by atoms with van der Waals surface area (Å²) in [7, 11) is 0. The van der Waals surface area contributed by atoms with E-state index in [-0.39, 0.29) is 5.91 Å². The fraction of sp³-hybridized carbons (Fsp3) is 0.487. The van der Waals surface area contributed by atoms with Crippen LogP contribution in [0.4, 0.5) is 5.69 Å². The Morgan fingerprint density at radius 1 is 0.800 bits per heavy atom. The van der Waals surface area contributed by atoms with E-state index in [1.807, 2.05) is 48.7 Å². The van der Waals surface area contributed by atoms with Crippen LogP contribution in [0.2, 0.25) is 5.02 Å². The van der Waals surface area contributed by atoms with E-state index in [9.17, 15) is 4.79 Å². The first kappa shape index (κ1) is 34.6. The molecule has 2 heterocycles. The molecule has 0 saturated heterocycles. The van der Waals surface area contributed by atoms with E-state index in [2.05, 4.69) is 40.7 Å². The summed E-state index contributed by atoms with van der Waals surface area (Å²) in [4.78, 5) is 17.9. The second-order valence-corrected chi connectivity index (χ2v) is 12.8. The van der Waals surface area contributed by atoms with Gasteiger partial charge in [-0.25, -0.2) is 4.98 Å². The monoisotopic (exact) mass is 630 g/mol. The Bertz CT molecular complexity index is 1450. The van der Waals surface area contributed by atoms with E-state index in [4.69, 9.17) is 16.3 Å². The Labute approximate surface area is 276 Å². The highest BCUT2D eigenvalue weighted by atomic mass is 35.5. The number of H-pyrrole nitrogens is 1. The number of rotatable bonds is 21. The molecule has 0 aliphatic carbocycles. The van der Waals surface area contributed by atoms with Crippen molar-refractivity contribution in [3.63, 3.8) is 0 Å². The zero-order chi connectivity index (χ0) is 31.7. The number of imidazole rings is 1. The molecule has 4 rings (SSSR count). The molecule has 242 valence electrons. The third-order valence-electron chi connectivity index (χ3n) is 8.64. The molecule has 45 heavy (non-hydrogen) atoms. The van der Waals surface area contributed by atoms with Crippen molar-refractivity contribution in [2.24, 2.45) is 0 Å². The van der Waals surface area contributed by atoms with Gasteiger partial charge in [0.05, 0.1) is 30.8 Å². The number of aromatic nitrogens is 2. The topological polar surface area (TPSA) is 49.4 Å². The van der Waals surface area contributed by atoms with Gasteiger partial charge in [0.2, 0.25) is 5.91 Å². The first-order valence-electron chi connectivity index (χ1n) is 17.3. The Morgan fingerprint density at radius 3 is 2.16 bits per heavy atom. The van der Waals surface area contributed by atoms with Crippen molar-refractivity contribution in [2.75, 3.05) is 11.5 Å². The van der Waals surface area contributed by atoms with Gasteiger partial charge in [0.25, 0.3) is 5.82 Å². The highest BCUT2D eigenvalue weighted by Crippen LogP contribution is 2.28. The van der Waals surface area contributed by atoms with Crippen LogP contribution in [0.25, 0.3) is 5.52 Å². The van der Waals surface area contributed by atoms with Crippen molar-refractivity contribution >= 4 is 28.7 Å². The van der Waals surface area contributed by atoms with E-state index in [0.29, 0.717) is 23.9 Å². The minimum atomic E-state index is -0.0129. The molecule has 2 aromatic heterocycles. The second kappa shape index (κ2) is 19.3. The predicted molar refractivity (Wildman–Crippen MR) is 187 cm³/mol. The minimum absolute atomic E-state index is 0.0129. The summed E-state index contributed by atoms with van der Waals surface area (Å²) in [6.45, 7) is 5.01. The smallest absolute Gasteiger partial charge is 0.263 e. The maximum Gasteiger partial charge on any atom is 0.263 e. The Morgan fingerprint density at radius 2 is 1.49 bits per heavy atom. The molecule has 0 fully saturated rings. The molecule has 0 aliphatic rings. The zero-order valence-corrected chi connectivity index (χ0v) is 28.3. The molecule has 4 aromatic rings. The molecule has 0 atom stereocenters. The number of nitrogens with zero attached hydrogens (tertiary/aromatic N) is 2. The molecule has 0 aliphatic heterocycles. The molecular weight excluding hydrogens is 578 g/mol. The van der Waals surface area contributed by atoms with Gasteiger partial charge in [-0.15, -0.1) is 0 Å². The van der Waals surface area contributed by atoms with Crippen LogP contribution in [0, 0.1) is 0 Å². The third-order valence-corrected chi connectivity index (χ3v) is 8.93. The standard InChI is InChI=1S/C39H52ClN3O2/c1-3-4-5-6-7-8-9-10-11-12-13-14-15-18-26-45-38-24-23-34(28-37(38)40)31-43(32(2)44)35-22-19-20-33(27-35)29-39-41-30-36-21-16-17-25-42(36)39/h16-17,19-25,27-28,30H,3-15,18,26,29,31H2,1-2H3/p+1. The van der Waals surface area contributed by atoms with Crippen LogP contribution < -0.4 is 14.0 Å². The number of pyridine rings is 1. The predicted octanol–water partition coefficient (Wildman–Crippen LogP) is 10.4. The van der Waals surface area contributed by atoms with Crippen LogP contribution in [0.3, 0.4) is 0 Å². The maximum atomic E-state index is 12.7. The number of carbonyl (C=O) groups excluding carboxylic acids is 1. The summed E-state index contributed by atoms with van der Waals surface area (Å²) in [5.41, 5.74) is 4.09. The highest BCUT2D eigenvalue weighted by molar-refractivity contribution is 6.32. The molecule has 1 amide bonds. The van der Waals surface area contributed by atoms with Crippen LogP contribution >= 0.6 is 11.6 Å². The van der Waals surface area contributed by atoms with Crippen molar-refractivity contribution in [1.82, 2.24) is 4.98 Å². The van der Waals surface area contributed by atoms with Gasteiger partial charge in [0.15, 0.2) is 5.52 Å². The van der Waals surface area contributed by atoms with Crippen molar-refractivity contribution in [2.45, 2.75) is 117 Å². The second-order valence-electron chi connectivity index (χ2n) is 12.4. The van der Waals surface area contributed by atoms with Crippen molar-refractivity contribution in [3.05, 3.63) is 95.0 Å². The summed E-state index contributed by atoms with van der Waals surface area (Å²) in [5, 5.41) is 0.589. The van der Waals surface area contributed by atoms with Crippen molar-refractivity contribution < 1.29 is 13.9 Å². The van der Waals surface area contributed by atoms with Gasteiger partial charge in [-0.2, -0.15) is 4.40 Å². The molecule has 0 unspecified atom stereocenters. The summed E-state index contributed by atoms with van der Waals surface area (Å²) >= 11 is 6.62. The fourth-order valence-corrected chi connectivity index (χ4v) is 6.27. The lowest BCUT2D eigenvalue weighted by Gasteiger charge is -2.22. The van der Waals surface area contributed by atoms with Crippen LogP contribution in [0.5, 0.6) is 5.75 Å². The maximum absolute atomic E-state index is 12.7. The van der Waals surface area contributed by atoms with Crippen molar-refractivity contribution in [1.29, 1.82) is 0 Å². The lowest BCUT2D eigenvalue weighted by molar-refractivity contribution is -0.520. The number of halogens is 1. The average molecular weight is 631 g/mol. The van der Waals surface area contributed by atoms with Crippen molar-refractivity contribution in [3.8, 4) is 5.75 Å². The zero-order valence-electron chi connectivity index (χ0n) is 27.5. The molecule has 0 bridgehead atoms. The lowest BCUT2D eigenvalue weighted by Crippen LogP contribution is -2.28. The fourth-order valence-electron chi connectivity index (χ4n) is 6.02. The third kappa shape index (κ3) is 11.5. The minimum Gasteiger partial charge on any atom is -0.492 e. The summed E-state index contributed by atoms with van der Waals surface area (Å²) in [5.74, 6) is 1.79. The molecular formula is C39H53ClN3O2+. The van der Waals surface area contributed by atoms with Crippen LogP contribution in [-0.4, -0.2) is 17.5 Å². The highest BCUT2D eigenvalue weighted by Gasteiger charge is 2.16. The van der Waals surface area contributed by atoms with E-state index < -0.39 is 0 Å². The SMILES string of the molecule is CCCCCCCCCCCCCCCCOc1ccc(CN(C(C)=O)c2cccc(Cc3[nH]cc4cccc[n+]34)c2)cc1Cl. The first-order chi connectivity index (χ1) is 22.0. The average Bonchev–Trinajstić information content (AvgIpc) is 3.45. The normalized spacial score (nSPS) is 11.3. The van der Waals surface area contributed by atoms with Crippen LogP contribution in [0.1, 0.15) is 121 Å². The number of hydrogen-bond acceptors (Lipinski definition) is 2. The van der Waals surface area contributed by atoms with Crippen LogP contribution in [0.15, 0.2) is 73.1 Å². The number of benzene rings is 2. The quantitative estimate of drug-likeness (QED) is 0.0735. The number of carbonyl (C=O) groups is 1. The Hall–Kier alpha value is -3.31. The van der Waals surface area contributed by atoms with Gasteiger partial charge in [-0.3, -0.25) is 4.79 Å². The summed E-state index contributed by atoms with van der Waals surface area (Å²) < 4.78 is 8.17. The molecule has 0 saturated carbocycles. The van der Waals surface area contributed by atoms with Gasteiger partial charge in [0.1, 0.15) is 11.9 Å². The van der Waals surface area contributed by atoms with E-state index in [1.165, 1.54) is 83.5 Å². The van der Waals surface area contributed by atoms with Crippen LogP contribution in [-0.2, 0) is 17.8 Å². The van der Waals surface area contributed by atoms with E-state index in [1.54, 1.807) is 11.8 Å². The molecule has 2 aromatic carbocycles. The number of unbranched alkanes of at least 4 members (excludes halogenated alkanes) is 13. The molecule has 0 radical (unpaired) electrons. The van der Waals surface area contributed by atoms with E-state index in [0.717, 1.165) is 41.0 Å². The largest absolute Gasteiger partial charge is 0.492 e. The van der Waals surface area contributed by atoms with Gasteiger partial charge >= 0.3 is 0 Å². The number of amides is 1. The Kier molecular flexibility index (Phi) is 14.8. The Balaban J connectivity index is 1.17. The van der Waals surface area contributed by atoms with Gasteiger partial charge in [-0.1, -0.05) is 126 Å². The molecule has 5 nitrogen and oxygen atoms in total. The number of fused-ring (bicyclic) bond motifs is 1. The number of hydrogen-bond donors (Lipinski definition) is 1. The summed E-state index contributed by atoms with van der Waals surface area (Å²) in [6, 6.07) is 20.2.